The van der Waals surface area contributed by atoms with Crippen molar-refractivity contribution in [1.82, 2.24) is 4.98 Å². The molecule has 0 unspecified atom stereocenters. The largest absolute Gasteiger partial charge is 0.360 e. The zero-order valence-electron chi connectivity index (χ0n) is 8.03. The zero-order valence-corrected chi connectivity index (χ0v) is 10.6. The second-order valence-corrected chi connectivity index (χ2v) is 7.57. The van der Waals surface area contributed by atoms with Gasteiger partial charge in [0.1, 0.15) is 0 Å². The molecule has 0 amide bonds. The van der Waals surface area contributed by atoms with Crippen LogP contribution in [0, 0.1) is 0 Å². The highest BCUT2D eigenvalue weighted by Crippen LogP contribution is 2.61. The number of hydrogen-bond donors (Lipinski definition) is 4. The van der Waals surface area contributed by atoms with Crippen molar-refractivity contribution < 1.29 is 28.7 Å². The number of hydrogen-bond acceptors (Lipinski definition) is 5. The van der Waals surface area contributed by atoms with E-state index in [4.69, 9.17) is 19.6 Å². The van der Waals surface area contributed by atoms with Crippen LogP contribution in [0.3, 0.4) is 0 Å². The Morgan fingerprint density at radius 1 is 1.31 bits per heavy atom. The van der Waals surface area contributed by atoms with Gasteiger partial charge in [0.05, 0.1) is 0 Å². The van der Waals surface area contributed by atoms with Crippen LogP contribution in [0.25, 0.3) is 0 Å². The molecule has 1 rings (SSSR count). The van der Waals surface area contributed by atoms with Gasteiger partial charge in [-0.3, -0.25) is 9.13 Å². The van der Waals surface area contributed by atoms with Crippen molar-refractivity contribution in [2.45, 2.75) is 5.52 Å². The first-order valence-corrected chi connectivity index (χ1v) is 8.11. The summed E-state index contributed by atoms with van der Waals surface area (Å²) < 4.78 is 22.1. The summed E-state index contributed by atoms with van der Waals surface area (Å²) in [4.78, 5) is 40.3. The molecule has 1 heterocycles. The molecule has 0 atom stereocenters. The first-order chi connectivity index (χ1) is 7.14. The summed E-state index contributed by atoms with van der Waals surface area (Å²) >= 11 is 1.02. The predicted octanol–water partition coefficient (Wildman–Crippen LogP) is 0.218. The second-order valence-electron chi connectivity index (χ2n) is 2.95. The molecule has 0 saturated heterocycles. The highest BCUT2D eigenvalue weighted by atomic mass is 32.1. The molecule has 0 aliphatic rings. The average molecular weight is 288 g/mol. The third-order valence-corrected chi connectivity index (χ3v) is 6.23. The Balaban J connectivity index is 3.14. The third-order valence-electron chi connectivity index (χ3n) is 1.67. The van der Waals surface area contributed by atoms with Gasteiger partial charge in [-0.05, 0) is 0 Å². The van der Waals surface area contributed by atoms with Crippen LogP contribution in [0.1, 0.15) is 0 Å². The molecule has 11 heteroatoms. The van der Waals surface area contributed by atoms with Gasteiger partial charge in [0.2, 0.25) is 5.52 Å². The van der Waals surface area contributed by atoms with Crippen molar-refractivity contribution in [3.05, 3.63) is 11.6 Å². The fraction of sp³-hybridized carbons (Fsp3) is 0.400. The molecule has 0 radical (unpaired) electrons. The molecule has 1 aromatic heterocycles. The minimum absolute atomic E-state index is 0.122. The molecule has 1 aromatic rings. The van der Waals surface area contributed by atoms with E-state index in [9.17, 15) is 9.13 Å². The van der Waals surface area contributed by atoms with Gasteiger partial charge >= 0.3 is 15.2 Å². The Morgan fingerprint density at radius 3 is 2.12 bits per heavy atom. The van der Waals surface area contributed by atoms with E-state index < -0.39 is 20.7 Å². The summed E-state index contributed by atoms with van der Waals surface area (Å²) in [5.41, 5.74) is -2.20. The Bertz CT molecular complexity index is 416. The Labute approximate surface area is 94.9 Å². The Hall–Kier alpha value is -0.270. The number of aromatic nitrogens is 1. The number of anilines is 1. The van der Waals surface area contributed by atoms with E-state index in [1.807, 2.05) is 0 Å². The molecule has 0 aromatic carbocycles. The van der Waals surface area contributed by atoms with Gasteiger partial charge in [-0.15, -0.1) is 11.3 Å². The molecule has 4 N–H and O–H groups in total. The van der Waals surface area contributed by atoms with E-state index in [1.54, 1.807) is 0 Å². The molecule has 16 heavy (non-hydrogen) atoms. The molecule has 0 spiro atoms. The van der Waals surface area contributed by atoms with Gasteiger partial charge in [0, 0.05) is 18.6 Å². The van der Waals surface area contributed by atoms with Crippen LogP contribution in [0.15, 0.2) is 11.6 Å². The van der Waals surface area contributed by atoms with Gasteiger partial charge < -0.3 is 24.5 Å². The molecule has 0 aliphatic heterocycles. The quantitative estimate of drug-likeness (QED) is 0.578. The van der Waals surface area contributed by atoms with Crippen molar-refractivity contribution in [3.8, 4) is 0 Å². The van der Waals surface area contributed by atoms with E-state index in [0.717, 1.165) is 16.2 Å². The number of nitrogens with zero attached hydrogens (tertiary/aromatic N) is 2. The van der Waals surface area contributed by atoms with Crippen molar-refractivity contribution in [3.63, 3.8) is 0 Å². The second kappa shape index (κ2) is 4.54. The first-order valence-electron chi connectivity index (χ1n) is 3.87. The summed E-state index contributed by atoms with van der Waals surface area (Å²) in [6.07, 6.45) is 1.37. The van der Waals surface area contributed by atoms with E-state index in [-0.39, 0.29) is 5.13 Å². The minimum Gasteiger partial charge on any atom is -0.327 e. The molecular formula is C5H10N2O6P2S. The van der Waals surface area contributed by atoms with Gasteiger partial charge in [-0.2, -0.15) is 0 Å². The molecule has 0 aliphatic carbocycles. The molecule has 8 nitrogen and oxygen atoms in total. The Morgan fingerprint density at radius 2 is 1.81 bits per heavy atom. The molecule has 92 valence electrons. The lowest BCUT2D eigenvalue weighted by Gasteiger charge is -2.28. The average Bonchev–Trinajstić information content (AvgIpc) is 2.48. The molecular weight excluding hydrogens is 278 g/mol. The zero-order chi connectivity index (χ0) is 12.6. The Kier molecular flexibility index (Phi) is 3.91. The fourth-order valence-electron chi connectivity index (χ4n) is 1.14. The van der Waals surface area contributed by atoms with Crippen LogP contribution in [0.4, 0.5) is 5.13 Å². The lowest BCUT2D eigenvalue weighted by molar-refractivity contribution is 0.338. The van der Waals surface area contributed by atoms with E-state index >= 15 is 0 Å². The summed E-state index contributed by atoms with van der Waals surface area (Å²) in [5, 5.41) is 1.65. The normalized spacial score (nSPS) is 13.1. The maximum atomic E-state index is 11.1. The maximum absolute atomic E-state index is 11.1. The van der Waals surface area contributed by atoms with Crippen molar-refractivity contribution >= 4 is 31.7 Å². The lowest BCUT2D eigenvalue weighted by Crippen LogP contribution is -2.31. The number of thiazole rings is 1. The number of rotatable bonds is 4. The summed E-state index contributed by atoms with van der Waals surface area (Å²) in [6.45, 7) is 0. The van der Waals surface area contributed by atoms with Gasteiger partial charge in [0.25, 0.3) is 0 Å². The highest BCUT2D eigenvalue weighted by Gasteiger charge is 2.47. The van der Waals surface area contributed by atoms with Crippen molar-refractivity contribution in [1.29, 1.82) is 0 Å². The van der Waals surface area contributed by atoms with Crippen molar-refractivity contribution in [2.24, 2.45) is 0 Å². The maximum Gasteiger partial charge on any atom is 0.360 e. The van der Waals surface area contributed by atoms with Crippen LogP contribution in [-0.2, 0) is 9.13 Å². The van der Waals surface area contributed by atoms with Crippen molar-refractivity contribution in [2.75, 3.05) is 11.9 Å². The smallest absolute Gasteiger partial charge is 0.327 e. The molecule has 0 fully saturated rings. The van der Waals surface area contributed by atoms with Crippen LogP contribution in [-0.4, -0.2) is 37.1 Å². The molecule has 0 bridgehead atoms. The van der Waals surface area contributed by atoms with Gasteiger partial charge in [0.15, 0.2) is 5.13 Å². The van der Waals surface area contributed by atoms with Crippen LogP contribution in [0.5, 0.6) is 0 Å². The SMILES string of the molecule is CN(c1nccs1)C(P(=O)(O)O)P(=O)(O)O. The van der Waals surface area contributed by atoms with Crippen LogP contribution in [0.2, 0.25) is 0 Å². The van der Waals surface area contributed by atoms with Crippen LogP contribution >= 0.6 is 26.5 Å². The van der Waals surface area contributed by atoms with Crippen LogP contribution < -0.4 is 4.90 Å². The van der Waals surface area contributed by atoms with E-state index in [2.05, 4.69) is 4.98 Å². The monoisotopic (exact) mass is 288 g/mol. The van der Waals surface area contributed by atoms with Gasteiger partial charge in [-0.1, -0.05) is 0 Å². The predicted molar refractivity (Wildman–Crippen MR) is 58.4 cm³/mol. The van der Waals surface area contributed by atoms with E-state index in [0.29, 0.717) is 0 Å². The first kappa shape index (κ1) is 13.8. The third kappa shape index (κ3) is 3.11. The topological polar surface area (TPSA) is 131 Å². The summed E-state index contributed by atoms with van der Waals surface area (Å²) in [7, 11) is -8.76. The summed E-state index contributed by atoms with van der Waals surface area (Å²) in [5.74, 6) is 0. The minimum atomic E-state index is -4.97. The fourth-order valence-corrected chi connectivity index (χ4v) is 4.62. The standard InChI is InChI=1S/C5H10N2O6P2S/c1-7(4-6-2-3-16-4)5(14(8,9)10)15(11,12)13/h2-3,5H,1H3,(H2,8,9,10)(H2,11,12,13). The van der Waals surface area contributed by atoms with E-state index in [1.165, 1.54) is 18.6 Å². The van der Waals surface area contributed by atoms with Gasteiger partial charge in [-0.25, -0.2) is 4.98 Å². The molecule has 0 saturated carbocycles. The lowest BCUT2D eigenvalue weighted by atomic mass is 10.9. The highest BCUT2D eigenvalue weighted by molar-refractivity contribution is 7.71. The summed E-state index contributed by atoms with van der Waals surface area (Å²) in [6, 6.07) is 0.